The Balaban J connectivity index is 0. The molecule has 0 aliphatic carbocycles. The minimum Gasteiger partial charge on any atom is -0.394 e. The maximum atomic E-state index is 8.98. The van der Waals surface area contributed by atoms with E-state index in [1.165, 1.54) is 0 Å². The molecule has 0 aromatic heterocycles. The first kappa shape index (κ1) is 13.7. The average Bonchev–Trinajstić information content (AvgIpc) is 1.88. The van der Waals surface area contributed by atoms with Crippen LogP contribution in [0.5, 0.6) is 0 Å². The predicted molar refractivity (Wildman–Crippen MR) is 42.1 cm³/mol. The number of aliphatic hydroxyl groups is 2. The molecule has 0 saturated heterocycles. The summed E-state index contributed by atoms with van der Waals surface area (Å²) in [6.07, 6.45) is 0. The molecule has 4 nitrogen and oxygen atoms in total. The Bertz CT molecular complexity index is 80.6. The van der Waals surface area contributed by atoms with Crippen molar-refractivity contribution in [2.24, 2.45) is 0 Å². The molecule has 0 aromatic rings. The highest BCUT2D eigenvalue weighted by Crippen LogP contribution is 1.84. The summed E-state index contributed by atoms with van der Waals surface area (Å²) >= 11 is 8.80. The van der Waals surface area contributed by atoms with E-state index in [0.717, 1.165) is 0 Å². The maximum Gasteiger partial charge on any atom is 0.313 e. The van der Waals surface area contributed by atoms with Crippen molar-refractivity contribution in [1.82, 2.24) is 0 Å². The number of ether oxygens (including phenoxy) is 1. The minimum atomic E-state index is -0.889. The molecule has 0 unspecified atom stereocenters. The van der Waals surface area contributed by atoms with Crippen LogP contribution in [0.2, 0.25) is 0 Å². The topological polar surface area (TPSA) is 66.8 Å². The van der Waals surface area contributed by atoms with Crippen molar-refractivity contribution in [2.45, 2.75) is 0 Å². The quantitative estimate of drug-likeness (QED) is 0.520. The third-order valence-electron chi connectivity index (χ3n) is 0.471. The van der Waals surface area contributed by atoms with Gasteiger partial charge in [0.25, 0.3) is 0 Å². The molecule has 0 aromatic carbocycles. The van der Waals surface area contributed by atoms with E-state index in [4.69, 9.17) is 15.0 Å². The minimum absolute atomic E-state index is 0.0278. The summed E-state index contributed by atoms with van der Waals surface area (Å²) in [4.78, 5) is 8.98. The zero-order valence-corrected chi connectivity index (χ0v) is 7.31. The van der Waals surface area contributed by atoms with Crippen molar-refractivity contribution >= 4 is 27.9 Å². The third kappa shape index (κ3) is 39.3. The van der Waals surface area contributed by atoms with Gasteiger partial charge in [-0.2, -0.15) is 0 Å². The molecule has 0 bridgehead atoms. The van der Waals surface area contributed by atoms with Crippen LogP contribution in [0.3, 0.4) is 0 Å². The van der Waals surface area contributed by atoms with Crippen LogP contribution >= 0.6 is 23.2 Å². The molecule has 68 valence electrons. The number of hydrogen-bond donors (Lipinski definition) is 2. The molecule has 11 heavy (non-hydrogen) atoms. The van der Waals surface area contributed by atoms with Gasteiger partial charge in [-0.15, -0.1) is 0 Å². The first-order valence-corrected chi connectivity index (χ1v) is 3.55. The SMILES string of the molecule is O=C(Cl)Cl.OCCOCCO. The van der Waals surface area contributed by atoms with Gasteiger partial charge in [-0.1, -0.05) is 0 Å². The summed E-state index contributed by atoms with van der Waals surface area (Å²) in [5.74, 6) is 0. The number of rotatable bonds is 4. The second kappa shape index (κ2) is 12.8. The summed E-state index contributed by atoms with van der Waals surface area (Å²) in [6.45, 7) is 0.696. The normalized spacial score (nSPS) is 8.36. The van der Waals surface area contributed by atoms with Crippen molar-refractivity contribution < 1.29 is 19.7 Å². The fraction of sp³-hybridized carbons (Fsp3) is 0.800. The molecule has 6 heteroatoms. The summed E-state index contributed by atoms with van der Waals surface area (Å²) < 4.78 is 3.74. The highest BCUT2D eigenvalue weighted by atomic mass is 35.5. The Labute approximate surface area is 74.7 Å². The van der Waals surface area contributed by atoms with Crippen LogP contribution in [0.15, 0.2) is 0 Å². The van der Waals surface area contributed by atoms with E-state index < -0.39 is 4.70 Å². The lowest BCUT2D eigenvalue weighted by molar-refractivity contribution is 0.0650. The van der Waals surface area contributed by atoms with Gasteiger partial charge >= 0.3 is 4.70 Å². The maximum absolute atomic E-state index is 8.98. The van der Waals surface area contributed by atoms with Crippen molar-refractivity contribution in [3.05, 3.63) is 0 Å². The molecule has 0 aliphatic heterocycles. The zero-order valence-electron chi connectivity index (χ0n) is 5.80. The Hall–Kier alpha value is 0.130. The number of carbonyl (C=O) groups excluding carboxylic acids is 1. The van der Waals surface area contributed by atoms with Gasteiger partial charge in [-0.05, 0) is 23.2 Å². The molecule has 2 N–H and O–H groups in total. The molecule has 0 heterocycles. The van der Waals surface area contributed by atoms with Crippen molar-refractivity contribution in [3.8, 4) is 0 Å². The summed E-state index contributed by atoms with van der Waals surface area (Å²) in [5, 5.41) is 16.2. The van der Waals surface area contributed by atoms with Gasteiger partial charge in [0, 0.05) is 0 Å². The van der Waals surface area contributed by atoms with Gasteiger partial charge in [0.2, 0.25) is 0 Å². The van der Waals surface area contributed by atoms with Crippen LogP contribution in [0.1, 0.15) is 0 Å². The summed E-state index contributed by atoms with van der Waals surface area (Å²) in [6, 6.07) is 0. The highest BCUT2D eigenvalue weighted by Gasteiger charge is 1.79. The third-order valence-corrected chi connectivity index (χ3v) is 0.471. The Kier molecular flexibility index (Phi) is 15.9. The molecule has 0 fully saturated rings. The van der Waals surface area contributed by atoms with E-state index in [9.17, 15) is 0 Å². The number of carbonyl (C=O) groups is 1. The Morgan fingerprint density at radius 3 is 1.64 bits per heavy atom. The molecule has 0 rings (SSSR count). The second-order valence-electron chi connectivity index (χ2n) is 1.29. The second-order valence-corrected chi connectivity index (χ2v) is 2.17. The van der Waals surface area contributed by atoms with Gasteiger partial charge in [-0.25, -0.2) is 0 Å². The fourth-order valence-corrected chi connectivity index (χ4v) is 0.231. The smallest absolute Gasteiger partial charge is 0.313 e. The molecule has 0 amide bonds. The van der Waals surface area contributed by atoms with Gasteiger partial charge in [-0.3, -0.25) is 4.79 Å². The molecular formula is C5H10Cl2O4. The van der Waals surface area contributed by atoms with Gasteiger partial charge in [0.1, 0.15) is 0 Å². The lowest BCUT2D eigenvalue weighted by atomic mass is 10.7. The van der Waals surface area contributed by atoms with E-state index in [0.29, 0.717) is 13.2 Å². The van der Waals surface area contributed by atoms with E-state index >= 15 is 0 Å². The molecule has 0 spiro atoms. The van der Waals surface area contributed by atoms with Crippen molar-refractivity contribution in [3.63, 3.8) is 0 Å². The monoisotopic (exact) mass is 204 g/mol. The van der Waals surface area contributed by atoms with Crippen LogP contribution in [-0.2, 0) is 4.74 Å². The highest BCUT2D eigenvalue weighted by molar-refractivity contribution is 6.93. The van der Waals surface area contributed by atoms with Gasteiger partial charge < -0.3 is 14.9 Å². The van der Waals surface area contributed by atoms with Gasteiger partial charge in [0.15, 0.2) is 0 Å². The first-order valence-electron chi connectivity index (χ1n) is 2.79. The van der Waals surface area contributed by atoms with Crippen LogP contribution in [0, 0.1) is 0 Å². The first-order chi connectivity index (χ1) is 5.15. The fourth-order valence-electron chi connectivity index (χ4n) is 0.231. The largest absolute Gasteiger partial charge is 0.394 e. The van der Waals surface area contributed by atoms with Crippen LogP contribution in [0.4, 0.5) is 4.79 Å². The molecule has 0 radical (unpaired) electrons. The molecular weight excluding hydrogens is 195 g/mol. The van der Waals surface area contributed by atoms with Crippen molar-refractivity contribution in [2.75, 3.05) is 26.4 Å². The molecule has 0 atom stereocenters. The summed E-state index contributed by atoms with van der Waals surface area (Å²) in [5.41, 5.74) is 0. The zero-order chi connectivity index (χ0) is 9.11. The standard InChI is InChI=1S/C4H10O3.CCl2O/c5-1-3-7-4-2-6;2-1(3)4/h5-6H,1-4H2;. The van der Waals surface area contributed by atoms with Crippen LogP contribution in [-0.4, -0.2) is 41.3 Å². The predicted octanol–water partition coefficient (Wildman–Crippen LogP) is 0.572. The Morgan fingerprint density at radius 2 is 1.45 bits per heavy atom. The van der Waals surface area contributed by atoms with Crippen molar-refractivity contribution in [1.29, 1.82) is 0 Å². The Morgan fingerprint density at radius 1 is 1.18 bits per heavy atom. The number of aliphatic hydroxyl groups excluding tert-OH is 2. The molecule has 0 aliphatic rings. The lowest BCUT2D eigenvalue weighted by Crippen LogP contribution is -2.03. The van der Waals surface area contributed by atoms with Crippen LogP contribution in [0.25, 0.3) is 0 Å². The average molecular weight is 205 g/mol. The van der Waals surface area contributed by atoms with Gasteiger partial charge in [0.05, 0.1) is 26.4 Å². The summed E-state index contributed by atoms with van der Waals surface area (Å²) in [7, 11) is 0. The van der Waals surface area contributed by atoms with E-state index in [1.54, 1.807) is 0 Å². The number of halogens is 2. The van der Waals surface area contributed by atoms with E-state index in [2.05, 4.69) is 27.9 Å². The lowest BCUT2D eigenvalue weighted by Gasteiger charge is -1.94. The number of hydrogen-bond acceptors (Lipinski definition) is 4. The van der Waals surface area contributed by atoms with E-state index in [1.807, 2.05) is 0 Å². The van der Waals surface area contributed by atoms with Crippen LogP contribution < -0.4 is 0 Å². The van der Waals surface area contributed by atoms with E-state index in [-0.39, 0.29) is 13.2 Å². The molecule has 0 saturated carbocycles.